The molecule has 0 amide bonds. The van der Waals surface area contributed by atoms with Gasteiger partial charge in [-0.3, -0.25) is 0 Å². The number of hydrogen-bond acceptors (Lipinski definition) is 3. The van der Waals surface area contributed by atoms with Crippen LogP contribution in [0.15, 0.2) is 6.33 Å². The standard InChI is InChI=1S/C15H24N4/c1-10(8-16)14-18-17-9-19(14)15-5-11-2-12(6-15)4-13(3-11)7-15/h9-13H,2-8,16H2,1H3. The fraction of sp³-hybridized carbons (Fsp3) is 0.867. The smallest absolute Gasteiger partial charge is 0.137 e. The summed E-state index contributed by atoms with van der Waals surface area (Å²) in [5.74, 6) is 4.29. The Bertz CT molecular complexity index is 443. The molecule has 4 saturated carbocycles. The molecule has 1 heterocycles. The largest absolute Gasteiger partial charge is 0.330 e. The minimum absolute atomic E-state index is 0.315. The lowest BCUT2D eigenvalue weighted by Gasteiger charge is -2.57. The maximum atomic E-state index is 5.84. The summed E-state index contributed by atoms with van der Waals surface area (Å²) >= 11 is 0. The number of nitrogens with two attached hydrogens (primary N) is 1. The van der Waals surface area contributed by atoms with Gasteiger partial charge in [-0.1, -0.05) is 6.92 Å². The van der Waals surface area contributed by atoms with E-state index in [2.05, 4.69) is 21.7 Å². The average Bonchev–Trinajstić information content (AvgIpc) is 2.86. The molecule has 1 aromatic rings. The molecule has 1 aromatic heterocycles. The quantitative estimate of drug-likeness (QED) is 0.907. The summed E-state index contributed by atoms with van der Waals surface area (Å²) in [6.45, 7) is 2.83. The molecule has 4 aliphatic rings. The van der Waals surface area contributed by atoms with Crippen LogP contribution in [0, 0.1) is 17.8 Å². The van der Waals surface area contributed by atoms with Gasteiger partial charge >= 0.3 is 0 Å². The molecule has 0 saturated heterocycles. The van der Waals surface area contributed by atoms with Gasteiger partial charge in [0.25, 0.3) is 0 Å². The Morgan fingerprint density at radius 2 is 1.84 bits per heavy atom. The summed E-state index contributed by atoms with van der Waals surface area (Å²) in [5.41, 5.74) is 6.17. The Morgan fingerprint density at radius 1 is 1.26 bits per heavy atom. The zero-order valence-corrected chi connectivity index (χ0v) is 11.8. The van der Waals surface area contributed by atoms with Crippen LogP contribution in [0.25, 0.3) is 0 Å². The first-order valence-corrected chi connectivity index (χ1v) is 7.80. The van der Waals surface area contributed by atoms with Crippen molar-refractivity contribution in [3.8, 4) is 0 Å². The summed E-state index contributed by atoms with van der Waals surface area (Å²) in [6.07, 6.45) is 10.5. The molecule has 0 aromatic carbocycles. The second-order valence-electron chi connectivity index (χ2n) is 7.34. The second kappa shape index (κ2) is 4.05. The molecule has 4 heteroatoms. The van der Waals surface area contributed by atoms with Crippen LogP contribution in [-0.4, -0.2) is 21.3 Å². The van der Waals surface area contributed by atoms with Gasteiger partial charge < -0.3 is 10.3 Å². The number of hydrogen-bond donors (Lipinski definition) is 1. The highest BCUT2D eigenvalue weighted by Crippen LogP contribution is 2.59. The third-order valence-electron chi connectivity index (χ3n) is 5.89. The Kier molecular flexibility index (Phi) is 2.53. The molecule has 0 radical (unpaired) electrons. The van der Waals surface area contributed by atoms with E-state index in [0.717, 1.165) is 23.6 Å². The summed E-state index contributed by atoms with van der Waals surface area (Å²) < 4.78 is 2.43. The van der Waals surface area contributed by atoms with Crippen molar-refractivity contribution in [1.29, 1.82) is 0 Å². The first kappa shape index (κ1) is 11.9. The Morgan fingerprint density at radius 3 is 2.37 bits per heavy atom. The summed E-state index contributed by atoms with van der Waals surface area (Å²) in [6, 6.07) is 0. The van der Waals surface area contributed by atoms with Gasteiger partial charge in [-0.25, -0.2) is 0 Å². The maximum Gasteiger partial charge on any atom is 0.137 e. The number of aromatic nitrogens is 3. The molecule has 5 rings (SSSR count). The van der Waals surface area contributed by atoms with Gasteiger partial charge in [0.1, 0.15) is 12.2 Å². The fourth-order valence-corrected chi connectivity index (χ4v) is 5.41. The topological polar surface area (TPSA) is 56.7 Å². The second-order valence-corrected chi connectivity index (χ2v) is 7.34. The molecule has 0 aliphatic heterocycles. The zero-order chi connectivity index (χ0) is 13.0. The van der Waals surface area contributed by atoms with Crippen LogP contribution < -0.4 is 5.73 Å². The van der Waals surface area contributed by atoms with Crippen LogP contribution in [-0.2, 0) is 5.54 Å². The Hall–Kier alpha value is -0.900. The third kappa shape index (κ3) is 1.69. The molecular formula is C15H24N4. The number of nitrogens with zero attached hydrogens (tertiary/aromatic N) is 3. The van der Waals surface area contributed by atoms with E-state index in [1.165, 1.54) is 38.5 Å². The molecule has 4 aliphatic carbocycles. The van der Waals surface area contributed by atoms with E-state index >= 15 is 0 Å². The summed E-state index contributed by atoms with van der Waals surface area (Å²) in [5, 5.41) is 8.58. The molecule has 104 valence electrons. The van der Waals surface area contributed by atoms with Crippen molar-refractivity contribution < 1.29 is 0 Å². The molecule has 0 spiro atoms. The van der Waals surface area contributed by atoms with Crippen molar-refractivity contribution in [2.45, 2.75) is 56.9 Å². The van der Waals surface area contributed by atoms with E-state index in [1.807, 2.05) is 6.33 Å². The first-order chi connectivity index (χ1) is 9.20. The highest BCUT2D eigenvalue weighted by atomic mass is 15.3. The van der Waals surface area contributed by atoms with Crippen LogP contribution >= 0.6 is 0 Å². The highest BCUT2D eigenvalue weighted by molar-refractivity contribution is 5.10. The zero-order valence-electron chi connectivity index (χ0n) is 11.8. The molecule has 19 heavy (non-hydrogen) atoms. The normalized spacial score (nSPS) is 41.7. The first-order valence-electron chi connectivity index (χ1n) is 7.80. The molecule has 1 unspecified atom stereocenters. The SMILES string of the molecule is CC(CN)c1nncn1C12CC3CC(CC(C3)C1)C2. The van der Waals surface area contributed by atoms with Gasteiger partial charge in [0.15, 0.2) is 0 Å². The van der Waals surface area contributed by atoms with Crippen molar-refractivity contribution >= 4 is 0 Å². The molecule has 2 N–H and O–H groups in total. The molecule has 1 atom stereocenters. The van der Waals surface area contributed by atoms with Crippen molar-refractivity contribution in [3.63, 3.8) is 0 Å². The van der Waals surface area contributed by atoms with E-state index in [4.69, 9.17) is 5.73 Å². The third-order valence-corrected chi connectivity index (χ3v) is 5.89. The Balaban J connectivity index is 1.74. The summed E-state index contributed by atoms with van der Waals surface area (Å²) in [7, 11) is 0. The lowest BCUT2D eigenvalue weighted by molar-refractivity contribution is -0.0449. The van der Waals surface area contributed by atoms with E-state index < -0.39 is 0 Å². The van der Waals surface area contributed by atoms with Crippen LogP contribution in [0.1, 0.15) is 57.2 Å². The highest BCUT2D eigenvalue weighted by Gasteiger charge is 2.52. The van der Waals surface area contributed by atoms with Gasteiger partial charge in [0, 0.05) is 18.0 Å². The van der Waals surface area contributed by atoms with Crippen LogP contribution in [0.3, 0.4) is 0 Å². The van der Waals surface area contributed by atoms with Crippen molar-refractivity contribution in [2.75, 3.05) is 6.54 Å². The predicted octanol–water partition coefficient (Wildman–Crippen LogP) is 2.27. The molecule has 4 bridgehead atoms. The van der Waals surface area contributed by atoms with Crippen molar-refractivity contribution in [3.05, 3.63) is 12.2 Å². The molecule has 4 nitrogen and oxygen atoms in total. The minimum atomic E-state index is 0.315. The molecule has 4 fully saturated rings. The maximum absolute atomic E-state index is 5.84. The van der Waals surface area contributed by atoms with E-state index in [1.54, 1.807) is 0 Å². The fourth-order valence-electron chi connectivity index (χ4n) is 5.41. The van der Waals surface area contributed by atoms with Crippen LogP contribution in [0.4, 0.5) is 0 Å². The monoisotopic (exact) mass is 260 g/mol. The summed E-state index contributed by atoms with van der Waals surface area (Å²) in [4.78, 5) is 0. The van der Waals surface area contributed by atoms with Crippen LogP contribution in [0.2, 0.25) is 0 Å². The van der Waals surface area contributed by atoms with Gasteiger partial charge in [0.05, 0.1) is 0 Å². The van der Waals surface area contributed by atoms with Gasteiger partial charge in [-0.05, 0) is 56.3 Å². The lowest BCUT2D eigenvalue weighted by Crippen LogP contribution is -2.52. The molecular weight excluding hydrogens is 236 g/mol. The number of rotatable bonds is 3. The van der Waals surface area contributed by atoms with Gasteiger partial charge in [0.2, 0.25) is 0 Å². The lowest BCUT2D eigenvalue weighted by atomic mass is 9.53. The van der Waals surface area contributed by atoms with E-state index in [-0.39, 0.29) is 0 Å². The van der Waals surface area contributed by atoms with Gasteiger partial charge in [-0.2, -0.15) is 0 Å². The average molecular weight is 260 g/mol. The van der Waals surface area contributed by atoms with Crippen molar-refractivity contribution in [2.24, 2.45) is 23.5 Å². The predicted molar refractivity (Wildman–Crippen MR) is 73.6 cm³/mol. The van der Waals surface area contributed by atoms with Crippen molar-refractivity contribution in [1.82, 2.24) is 14.8 Å². The van der Waals surface area contributed by atoms with Gasteiger partial charge in [-0.15, -0.1) is 10.2 Å². The van der Waals surface area contributed by atoms with Crippen LogP contribution in [0.5, 0.6) is 0 Å². The van der Waals surface area contributed by atoms with E-state index in [9.17, 15) is 0 Å². The minimum Gasteiger partial charge on any atom is -0.330 e. The van der Waals surface area contributed by atoms with E-state index in [0.29, 0.717) is 18.0 Å². The Labute approximate surface area is 114 Å².